The van der Waals surface area contributed by atoms with Crippen molar-refractivity contribution in [3.63, 3.8) is 0 Å². The van der Waals surface area contributed by atoms with Crippen LogP contribution in [0, 0.1) is 19.7 Å². The normalized spacial score (nSPS) is 12.5. The van der Waals surface area contributed by atoms with Crippen LogP contribution in [0.25, 0.3) is 0 Å². The fourth-order valence-corrected chi connectivity index (χ4v) is 1.97. The van der Waals surface area contributed by atoms with Gasteiger partial charge in [-0.2, -0.15) is 5.10 Å². The van der Waals surface area contributed by atoms with Gasteiger partial charge in [-0.05, 0) is 26.8 Å². The minimum atomic E-state index is -0.803. The number of ether oxygens (including phenoxy) is 1. The number of halogens is 1. The summed E-state index contributed by atoms with van der Waals surface area (Å²) in [5.74, 6) is 0.0762. The third-order valence-corrected chi connectivity index (χ3v) is 3.09. The van der Waals surface area contributed by atoms with Gasteiger partial charge in [-0.1, -0.05) is 12.1 Å². The number of aliphatic hydroxyl groups is 1. The topological polar surface area (TPSA) is 47.3 Å². The number of aromatic nitrogens is 2. The second-order valence-corrected chi connectivity index (χ2v) is 4.56. The first-order chi connectivity index (χ1) is 8.91. The largest absolute Gasteiger partial charge is 0.450 e. The summed E-state index contributed by atoms with van der Waals surface area (Å²) in [6.45, 7) is 5.22. The maximum absolute atomic E-state index is 13.9. The molecule has 19 heavy (non-hydrogen) atoms. The molecule has 102 valence electrons. The van der Waals surface area contributed by atoms with Gasteiger partial charge in [0.1, 0.15) is 5.69 Å². The second kappa shape index (κ2) is 5.01. The lowest BCUT2D eigenvalue weighted by Gasteiger charge is -2.14. The molecule has 1 atom stereocenters. The zero-order chi connectivity index (χ0) is 14.2. The molecule has 0 saturated carbocycles. The Morgan fingerprint density at radius 3 is 2.53 bits per heavy atom. The molecule has 0 saturated heterocycles. The Morgan fingerprint density at radius 1 is 1.32 bits per heavy atom. The summed E-state index contributed by atoms with van der Waals surface area (Å²) in [7, 11) is 1.80. The van der Waals surface area contributed by atoms with E-state index in [9.17, 15) is 9.50 Å². The Hall–Kier alpha value is -1.88. The molecular formula is C14H17FN2O2. The average Bonchev–Trinajstić information content (AvgIpc) is 2.57. The zero-order valence-corrected chi connectivity index (χ0v) is 11.4. The third-order valence-electron chi connectivity index (χ3n) is 3.09. The first kappa shape index (κ1) is 13.5. The molecule has 2 aromatic rings. The van der Waals surface area contributed by atoms with Gasteiger partial charge in [0.25, 0.3) is 0 Å². The zero-order valence-electron chi connectivity index (χ0n) is 11.4. The van der Waals surface area contributed by atoms with Gasteiger partial charge in [0.2, 0.25) is 0 Å². The van der Waals surface area contributed by atoms with Crippen LogP contribution in [0.5, 0.6) is 11.5 Å². The van der Waals surface area contributed by atoms with Crippen LogP contribution in [0.2, 0.25) is 0 Å². The van der Waals surface area contributed by atoms with E-state index in [0.717, 1.165) is 5.69 Å². The molecule has 5 heteroatoms. The maximum atomic E-state index is 13.9. The summed E-state index contributed by atoms with van der Waals surface area (Å²) < 4.78 is 21.2. The molecule has 1 aromatic carbocycles. The predicted molar refractivity (Wildman–Crippen MR) is 69.8 cm³/mol. The Labute approximate surface area is 111 Å². The highest BCUT2D eigenvalue weighted by atomic mass is 19.1. The summed E-state index contributed by atoms with van der Waals surface area (Å²) in [5.41, 5.74) is 1.90. The van der Waals surface area contributed by atoms with Crippen molar-refractivity contribution in [1.82, 2.24) is 9.78 Å². The van der Waals surface area contributed by atoms with Crippen molar-refractivity contribution in [3.8, 4) is 11.5 Å². The number of aryl methyl sites for hydroxylation is 2. The van der Waals surface area contributed by atoms with Crippen molar-refractivity contribution in [2.24, 2.45) is 7.05 Å². The van der Waals surface area contributed by atoms with Gasteiger partial charge in [-0.3, -0.25) is 4.68 Å². The van der Waals surface area contributed by atoms with E-state index < -0.39 is 11.9 Å². The van der Waals surface area contributed by atoms with E-state index in [2.05, 4.69) is 5.10 Å². The molecular weight excluding hydrogens is 247 g/mol. The van der Waals surface area contributed by atoms with Gasteiger partial charge in [-0.25, -0.2) is 4.39 Å². The number of rotatable bonds is 3. The number of hydrogen-bond acceptors (Lipinski definition) is 3. The van der Waals surface area contributed by atoms with Gasteiger partial charge >= 0.3 is 0 Å². The van der Waals surface area contributed by atoms with Crippen molar-refractivity contribution in [2.45, 2.75) is 26.9 Å². The highest BCUT2D eigenvalue weighted by molar-refractivity contribution is 5.42. The van der Waals surface area contributed by atoms with E-state index in [1.54, 1.807) is 37.7 Å². The predicted octanol–water partition coefficient (Wildman–Crippen LogP) is 3.02. The third kappa shape index (κ3) is 2.46. The van der Waals surface area contributed by atoms with Crippen LogP contribution in [0.4, 0.5) is 4.39 Å². The lowest BCUT2D eigenvalue weighted by Crippen LogP contribution is -2.00. The van der Waals surface area contributed by atoms with Crippen LogP contribution >= 0.6 is 0 Å². The Bertz CT molecular complexity index is 606. The molecule has 1 unspecified atom stereocenters. The molecule has 1 aromatic heterocycles. The monoisotopic (exact) mass is 264 g/mol. The summed E-state index contributed by atoms with van der Waals surface area (Å²) in [5, 5.41) is 13.9. The fraction of sp³-hybridized carbons (Fsp3) is 0.357. The molecule has 1 N–H and O–H groups in total. The first-order valence-corrected chi connectivity index (χ1v) is 6.06. The van der Waals surface area contributed by atoms with E-state index in [-0.39, 0.29) is 5.75 Å². The first-order valence-electron chi connectivity index (χ1n) is 6.06. The molecule has 2 rings (SSSR count). The number of hydrogen-bond donors (Lipinski definition) is 1. The SMILES string of the molecule is Cc1nn(C)c(C)c1Oc1c(F)cccc1C(C)O. The molecule has 0 aliphatic rings. The maximum Gasteiger partial charge on any atom is 0.171 e. The van der Waals surface area contributed by atoms with Crippen molar-refractivity contribution < 1.29 is 14.2 Å². The average molecular weight is 264 g/mol. The van der Waals surface area contributed by atoms with Crippen LogP contribution < -0.4 is 4.74 Å². The Kier molecular flexibility index (Phi) is 3.57. The summed E-state index contributed by atoms with van der Waals surface area (Å²) in [6.07, 6.45) is -0.803. The van der Waals surface area contributed by atoms with Gasteiger partial charge in [0.15, 0.2) is 17.3 Å². The molecule has 0 aliphatic carbocycles. The van der Waals surface area contributed by atoms with Crippen LogP contribution in [0.1, 0.15) is 30.0 Å². The van der Waals surface area contributed by atoms with Gasteiger partial charge in [-0.15, -0.1) is 0 Å². The van der Waals surface area contributed by atoms with Crippen LogP contribution in [0.15, 0.2) is 18.2 Å². The minimum Gasteiger partial charge on any atom is -0.450 e. The quantitative estimate of drug-likeness (QED) is 0.927. The van der Waals surface area contributed by atoms with Crippen LogP contribution in [-0.2, 0) is 7.05 Å². The van der Waals surface area contributed by atoms with E-state index in [1.807, 2.05) is 6.92 Å². The Balaban J connectivity index is 2.49. The fourth-order valence-electron chi connectivity index (χ4n) is 1.97. The van der Waals surface area contributed by atoms with Crippen molar-refractivity contribution in [1.29, 1.82) is 0 Å². The molecule has 4 nitrogen and oxygen atoms in total. The lowest BCUT2D eigenvalue weighted by molar-refractivity contribution is 0.194. The van der Waals surface area contributed by atoms with E-state index >= 15 is 0 Å². The van der Waals surface area contributed by atoms with Gasteiger partial charge in [0.05, 0.1) is 11.8 Å². The van der Waals surface area contributed by atoms with Gasteiger partial charge < -0.3 is 9.84 Å². The summed E-state index contributed by atoms with van der Waals surface area (Å²) in [4.78, 5) is 0. The number of aliphatic hydroxyl groups excluding tert-OH is 1. The van der Waals surface area contributed by atoms with Crippen molar-refractivity contribution in [3.05, 3.63) is 41.0 Å². The minimum absolute atomic E-state index is 0.0525. The standard InChI is InChI=1S/C14H17FN2O2/c1-8-13(9(2)17(4)16-8)19-14-11(10(3)18)6-5-7-12(14)15/h5-7,10,18H,1-4H3. The van der Waals surface area contributed by atoms with Gasteiger partial charge in [0, 0.05) is 12.6 Å². The summed E-state index contributed by atoms with van der Waals surface area (Å²) >= 11 is 0. The number of para-hydroxylation sites is 1. The molecule has 0 amide bonds. The van der Waals surface area contributed by atoms with Crippen molar-refractivity contribution >= 4 is 0 Å². The smallest absolute Gasteiger partial charge is 0.171 e. The van der Waals surface area contributed by atoms with Crippen LogP contribution in [0.3, 0.4) is 0 Å². The second-order valence-electron chi connectivity index (χ2n) is 4.56. The summed E-state index contributed by atoms with van der Waals surface area (Å²) in [6, 6.07) is 4.50. The van der Waals surface area contributed by atoms with Crippen LogP contribution in [-0.4, -0.2) is 14.9 Å². The molecule has 0 spiro atoms. The molecule has 0 aliphatic heterocycles. The lowest BCUT2D eigenvalue weighted by atomic mass is 10.1. The highest BCUT2D eigenvalue weighted by Gasteiger charge is 2.18. The van der Waals surface area contributed by atoms with E-state index in [1.165, 1.54) is 6.07 Å². The molecule has 0 bridgehead atoms. The number of nitrogens with zero attached hydrogens (tertiary/aromatic N) is 2. The van der Waals surface area contributed by atoms with E-state index in [4.69, 9.17) is 4.74 Å². The Morgan fingerprint density at radius 2 is 2.00 bits per heavy atom. The highest BCUT2D eigenvalue weighted by Crippen LogP contribution is 2.34. The number of benzene rings is 1. The van der Waals surface area contributed by atoms with E-state index in [0.29, 0.717) is 17.0 Å². The van der Waals surface area contributed by atoms with Crippen molar-refractivity contribution in [2.75, 3.05) is 0 Å². The molecule has 0 radical (unpaired) electrons. The molecule has 1 heterocycles. The molecule has 0 fully saturated rings.